The summed E-state index contributed by atoms with van der Waals surface area (Å²) in [7, 11) is 4.11. The number of piperidine rings is 1. The van der Waals surface area contributed by atoms with Crippen LogP contribution < -0.4 is 10.6 Å². The highest BCUT2D eigenvalue weighted by molar-refractivity contribution is 5.66. The van der Waals surface area contributed by atoms with Gasteiger partial charge in [-0.2, -0.15) is 4.98 Å². The number of carboxylic acid groups (broad SMARTS) is 1. The lowest BCUT2D eigenvalue weighted by Crippen LogP contribution is -2.49. The van der Waals surface area contributed by atoms with E-state index < -0.39 is 5.97 Å². The smallest absolute Gasteiger partial charge is 0.303 e. The van der Waals surface area contributed by atoms with E-state index in [0.717, 1.165) is 31.0 Å². The molecular weight excluding hydrogens is 282 g/mol. The lowest BCUT2D eigenvalue weighted by atomic mass is 9.87. The van der Waals surface area contributed by atoms with Gasteiger partial charge in [0.2, 0.25) is 5.95 Å². The van der Waals surface area contributed by atoms with Gasteiger partial charge in [0, 0.05) is 37.3 Å². The molecule has 0 radical (unpaired) electrons. The molecule has 0 aliphatic carbocycles. The third-order valence-electron chi connectivity index (χ3n) is 4.27. The van der Waals surface area contributed by atoms with Crippen molar-refractivity contribution in [3.8, 4) is 0 Å². The number of nitrogens with two attached hydrogens (primary N) is 1. The molecular formula is C15H25N5O2. The molecule has 2 heterocycles. The second-order valence-electron chi connectivity index (χ2n) is 6.18. The number of anilines is 2. The Morgan fingerprint density at radius 1 is 1.50 bits per heavy atom. The molecule has 1 aliphatic rings. The molecule has 0 saturated carbocycles. The first-order valence-corrected chi connectivity index (χ1v) is 7.61. The van der Waals surface area contributed by atoms with Crippen LogP contribution in [0, 0.1) is 12.8 Å². The molecule has 22 heavy (non-hydrogen) atoms. The van der Waals surface area contributed by atoms with E-state index in [2.05, 4.69) is 33.9 Å². The maximum Gasteiger partial charge on any atom is 0.303 e. The summed E-state index contributed by atoms with van der Waals surface area (Å²) in [5.41, 5.74) is 6.59. The molecule has 1 aromatic rings. The summed E-state index contributed by atoms with van der Waals surface area (Å²) in [5, 5.41) is 8.96. The SMILES string of the molecule is Cc1cc(N2CC[C@H](N(C)C)[C@H](CCC(=O)O)C2)nc(N)n1. The van der Waals surface area contributed by atoms with E-state index >= 15 is 0 Å². The van der Waals surface area contributed by atoms with Crippen molar-refractivity contribution in [3.05, 3.63) is 11.8 Å². The Morgan fingerprint density at radius 3 is 2.82 bits per heavy atom. The van der Waals surface area contributed by atoms with Crippen LogP contribution in [0.15, 0.2) is 6.07 Å². The number of nitrogens with zero attached hydrogens (tertiary/aromatic N) is 4. The monoisotopic (exact) mass is 307 g/mol. The topological polar surface area (TPSA) is 95.6 Å². The largest absolute Gasteiger partial charge is 0.481 e. The van der Waals surface area contributed by atoms with Crippen molar-refractivity contribution in [3.63, 3.8) is 0 Å². The second-order valence-corrected chi connectivity index (χ2v) is 6.18. The van der Waals surface area contributed by atoms with Crippen LogP contribution in [-0.2, 0) is 4.79 Å². The molecule has 0 bridgehead atoms. The van der Waals surface area contributed by atoms with Crippen LogP contribution in [0.2, 0.25) is 0 Å². The molecule has 0 aromatic carbocycles. The predicted molar refractivity (Wildman–Crippen MR) is 85.8 cm³/mol. The molecule has 0 unspecified atom stereocenters. The summed E-state index contributed by atoms with van der Waals surface area (Å²) in [5.74, 6) is 0.683. The summed E-state index contributed by atoms with van der Waals surface area (Å²) in [4.78, 5) is 23.7. The van der Waals surface area contributed by atoms with Crippen LogP contribution in [-0.4, -0.2) is 59.2 Å². The Kier molecular flexibility index (Phi) is 5.18. The molecule has 122 valence electrons. The zero-order valence-corrected chi connectivity index (χ0v) is 13.5. The zero-order chi connectivity index (χ0) is 16.3. The van der Waals surface area contributed by atoms with E-state index in [4.69, 9.17) is 10.8 Å². The van der Waals surface area contributed by atoms with E-state index in [1.807, 2.05) is 13.0 Å². The minimum atomic E-state index is -0.739. The average molecular weight is 307 g/mol. The third-order valence-corrected chi connectivity index (χ3v) is 4.27. The number of aliphatic carboxylic acids is 1. The van der Waals surface area contributed by atoms with Gasteiger partial charge in [0.05, 0.1) is 0 Å². The molecule has 1 fully saturated rings. The third kappa shape index (κ3) is 4.07. The van der Waals surface area contributed by atoms with Crippen molar-refractivity contribution in [1.29, 1.82) is 0 Å². The number of hydrogen-bond acceptors (Lipinski definition) is 6. The number of rotatable bonds is 5. The molecule has 7 nitrogen and oxygen atoms in total. The standard InChI is InChI=1S/C15H25N5O2/c1-10-8-13(18-15(16)17-10)20-7-6-12(19(2)3)11(9-20)4-5-14(21)22/h8,11-12H,4-7,9H2,1-3H3,(H,21,22)(H2,16,17,18)/t11-,12+/m1/s1. The van der Waals surface area contributed by atoms with Crippen LogP contribution >= 0.6 is 0 Å². The number of aryl methyl sites for hydroxylation is 1. The van der Waals surface area contributed by atoms with E-state index in [0.29, 0.717) is 18.4 Å². The van der Waals surface area contributed by atoms with Crippen LogP contribution in [0.4, 0.5) is 11.8 Å². The highest BCUT2D eigenvalue weighted by Crippen LogP contribution is 2.28. The highest BCUT2D eigenvalue weighted by Gasteiger charge is 2.31. The predicted octanol–water partition coefficient (Wildman–Crippen LogP) is 0.989. The molecule has 1 aromatic heterocycles. The summed E-state index contributed by atoms with van der Waals surface area (Å²) in [6.45, 7) is 3.59. The van der Waals surface area contributed by atoms with Crippen LogP contribution in [0.1, 0.15) is 25.0 Å². The quantitative estimate of drug-likeness (QED) is 0.837. The van der Waals surface area contributed by atoms with Gasteiger partial charge in [0.15, 0.2) is 0 Å². The minimum Gasteiger partial charge on any atom is -0.481 e. The minimum absolute atomic E-state index is 0.202. The number of carboxylic acids is 1. The zero-order valence-electron chi connectivity index (χ0n) is 13.5. The summed E-state index contributed by atoms with van der Waals surface area (Å²) < 4.78 is 0. The number of nitrogen functional groups attached to an aromatic ring is 1. The fourth-order valence-corrected chi connectivity index (χ4v) is 3.24. The Bertz CT molecular complexity index is 514. The first-order chi connectivity index (χ1) is 10.4. The second kappa shape index (κ2) is 6.91. The fourth-order valence-electron chi connectivity index (χ4n) is 3.24. The van der Waals surface area contributed by atoms with Crippen molar-refractivity contribution < 1.29 is 9.90 Å². The molecule has 1 aliphatic heterocycles. The molecule has 2 atom stereocenters. The summed E-state index contributed by atoms with van der Waals surface area (Å²) >= 11 is 0. The Balaban J connectivity index is 2.13. The molecule has 1 saturated heterocycles. The van der Waals surface area contributed by atoms with Crippen LogP contribution in [0.25, 0.3) is 0 Å². The Hall–Kier alpha value is -1.89. The van der Waals surface area contributed by atoms with Crippen molar-refractivity contribution in [2.45, 2.75) is 32.2 Å². The summed E-state index contributed by atoms with van der Waals surface area (Å²) in [6.07, 6.45) is 1.86. The Labute approximate surface area is 131 Å². The van der Waals surface area contributed by atoms with Crippen LogP contribution in [0.3, 0.4) is 0 Å². The van der Waals surface area contributed by atoms with Gasteiger partial charge in [-0.3, -0.25) is 4.79 Å². The fraction of sp³-hybridized carbons (Fsp3) is 0.667. The van der Waals surface area contributed by atoms with Gasteiger partial charge in [-0.1, -0.05) is 0 Å². The maximum absolute atomic E-state index is 10.9. The van der Waals surface area contributed by atoms with Crippen molar-refractivity contribution in [1.82, 2.24) is 14.9 Å². The molecule has 0 amide bonds. The Morgan fingerprint density at radius 2 is 2.23 bits per heavy atom. The molecule has 2 rings (SSSR count). The maximum atomic E-state index is 10.9. The first-order valence-electron chi connectivity index (χ1n) is 7.61. The first kappa shape index (κ1) is 16.5. The number of hydrogen-bond donors (Lipinski definition) is 2. The van der Waals surface area contributed by atoms with E-state index in [1.54, 1.807) is 0 Å². The van der Waals surface area contributed by atoms with E-state index in [9.17, 15) is 4.79 Å². The van der Waals surface area contributed by atoms with Gasteiger partial charge < -0.3 is 20.6 Å². The lowest BCUT2D eigenvalue weighted by Gasteiger charge is -2.42. The average Bonchev–Trinajstić information content (AvgIpc) is 2.43. The number of aromatic nitrogens is 2. The van der Waals surface area contributed by atoms with Crippen molar-refractivity contribution in [2.75, 3.05) is 37.8 Å². The van der Waals surface area contributed by atoms with Gasteiger partial charge in [0.25, 0.3) is 0 Å². The normalized spacial score (nSPS) is 22.1. The molecule has 3 N–H and O–H groups in total. The highest BCUT2D eigenvalue weighted by atomic mass is 16.4. The lowest BCUT2D eigenvalue weighted by molar-refractivity contribution is -0.137. The molecule has 0 spiro atoms. The van der Waals surface area contributed by atoms with Gasteiger partial charge in [-0.05, 0) is 39.8 Å². The van der Waals surface area contributed by atoms with E-state index in [1.165, 1.54) is 0 Å². The van der Waals surface area contributed by atoms with Gasteiger partial charge in [-0.15, -0.1) is 0 Å². The summed E-state index contributed by atoms with van der Waals surface area (Å²) in [6, 6.07) is 2.33. The van der Waals surface area contributed by atoms with Crippen LogP contribution in [0.5, 0.6) is 0 Å². The van der Waals surface area contributed by atoms with Gasteiger partial charge >= 0.3 is 5.97 Å². The van der Waals surface area contributed by atoms with Crippen molar-refractivity contribution >= 4 is 17.7 Å². The van der Waals surface area contributed by atoms with Crippen molar-refractivity contribution in [2.24, 2.45) is 5.92 Å². The number of carbonyl (C=O) groups is 1. The van der Waals surface area contributed by atoms with Gasteiger partial charge in [-0.25, -0.2) is 4.98 Å². The van der Waals surface area contributed by atoms with Gasteiger partial charge in [0.1, 0.15) is 5.82 Å². The van der Waals surface area contributed by atoms with E-state index in [-0.39, 0.29) is 12.4 Å². The molecule has 7 heteroatoms.